The minimum Gasteiger partial charge on any atom is -0.444 e. The maximum absolute atomic E-state index is 12.6. The highest BCUT2D eigenvalue weighted by molar-refractivity contribution is 5.75. The van der Waals surface area contributed by atoms with E-state index in [-0.39, 0.29) is 12.1 Å². The summed E-state index contributed by atoms with van der Waals surface area (Å²) in [5.74, 6) is 0. The van der Waals surface area contributed by atoms with E-state index < -0.39 is 5.60 Å². The molecule has 3 amide bonds. The van der Waals surface area contributed by atoms with Gasteiger partial charge in [-0.15, -0.1) is 0 Å². The molecule has 2 aliphatic heterocycles. The smallest absolute Gasteiger partial charge is 0.410 e. The number of hydrogen-bond acceptors (Lipinski definition) is 5. The highest BCUT2D eigenvalue weighted by Crippen LogP contribution is 2.13. The summed E-state index contributed by atoms with van der Waals surface area (Å²) in [5.41, 5.74) is 5.08. The van der Waals surface area contributed by atoms with Gasteiger partial charge in [0.25, 0.3) is 0 Å². The van der Waals surface area contributed by atoms with Gasteiger partial charge in [0, 0.05) is 65.4 Å². The molecule has 8 heteroatoms. The molecule has 2 rings (SSSR count). The molecule has 24 heavy (non-hydrogen) atoms. The van der Waals surface area contributed by atoms with Crippen molar-refractivity contribution in [3.05, 3.63) is 0 Å². The Labute approximate surface area is 144 Å². The molecule has 2 heterocycles. The van der Waals surface area contributed by atoms with E-state index in [1.54, 1.807) is 4.90 Å². The molecule has 0 saturated carbocycles. The van der Waals surface area contributed by atoms with Crippen LogP contribution in [-0.2, 0) is 4.74 Å². The summed E-state index contributed by atoms with van der Waals surface area (Å²) in [6.45, 7) is 12.5. The number of amides is 3. The SMILES string of the molecule is CC(C)(C)OC(=O)N1CCN(C(=O)N2CCN(CCN)CC2)CC1. The minimum absolute atomic E-state index is 0.0752. The first kappa shape index (κ1) is 18.8. The Hall–Kier alpha value is -1.54. The summed E-state index contributed by atoms with van der Waals surface area (Å²) < 4.78 is 5.38. The van der Waals surface area contributed by atoms with E-state index in [1.165, 1.54) is 0 Å². The number of nitrogens with zero attached hydrogens (tertiary/aromatic N) is 4. The summed E-state index contributed by atoms with van der Waals surface area (Å²) in [6.07, 6.45) is -0.301. The zero-order valence-electron chi connectivity index (χ0n) is 15.2. The van der Waals surface area contributed by atoms with Crippen molar-refractivity contribution in [2.45, 2.75) is 26.4 Å². The summed E-state index contributed by atoms with van der Waals surface area (Å²) in [6, 6.07) is 0.0752. The molecule has 0 aliphatic carbocycles. The second-order valence-corrected chi connectivity index (χ2v) is 7.35. The average Bonchev–Trinajstić information content (AvgIpc) is 2.54. The number of carbonyl (C=O) groups is 2. The highest BCUT2D eigenvalue weighted by Gasteiger charge is 2.30. The molecule has 2 fully saturated rings. The van der Waals surface area contributed by atoms with Gasteiger partial charge in [-0.05, 0) is 20.8 Å². The van der Waals surface area contributed by atoms with Gasteiger partial charge in [0.2, 0.25) is 0 Å². The molecule has 138 valence electrons. The van der Waals surface area contributed by atoms with Crippen molar-refractivity contribution < 1.29 is 14.3 Å². The molecular formula is C16H31N5O3. The minimum atomic E-state index is -0.493. The lowest BCUT2D eigenvalue weighted by Crippen LogP contribution is -2.58. The number of nitrogens with two attached hydrogens (primary N) is 1. The summed E-state index contributed by atoms with van der Waals surface area (Å²) in [7, 11) is 0. The second-order valence-electron chi connectivity index (χ2n) is 7.35. The maximum Gasteiger partial charge on any atom is 0.410 e. The molecule has 0 spiro atoms. The Balaban J connectivity index is 1.76. The van der Waals surface area contributed by atoms with E-state index in [0.29, 0.717) is 32.7 Å². The average molecular weight is 341 g/mol. The van der Waals surface area contributed by atoms with E-state index in [4.69, 9.17) is 10.5 Å². The third-order valence-electron chi connectivity index (χ3n) is 4.29. The molecule has 8 nitrogen and oxygen atoms in total. The Morgan fingerprint density at radius 1 is 0.875 bits per heavy atom. The third kappa shape index (κ3) is 5.24. The first-order valence-electron chi connectivity index (χ1n) is 8.74. The monoisotopic (exact) mass is 341 g/mol. The molecule has 0 aromatic carbocycles. The molecule has 2 aliphatic rings. The van der Waals surface area contributed by atoms with Crippen molar-refractivity contribution in [1.82, 2.24) is 19.6 Å². The molecule has 2 saturated heterocycles. The Morgan fingerprint density at radius 2 is 1.33 bits per heavy atom. The Morgan fingerprint density at radius 3 is 1.79 bits per heavy atom. The van der Waals surface area contributed by atoms with E-state index in [2.05, 4.69) is 4.90 Å². The summed E-state index contributed by atoms with van der Waals surface area (Å²) in [5, 5.41) is 0. The molecule has 0 aromatic heterocycles. The molecule has 0 bridgehead atoms. The van der Waals surface area contributed by atoms with Crippen LogP contribution in [0.15, 0.2) is 0 Å². The van der Waals surface area contributed by atoms with Gasteiger partial charge in [-0.3, -0.25) is 4.90 Å². The summed E-state index contributed by atoms with van der Waals surface area (Å²) >= 11 is 0. The molecular weight excluding hydrogens is 310 g/mol. The fourth-order valence-corrected chi connectivity index (χ4v) is 2.95. The highest BCUT2D eigenvalue weighted by atomic mass is 16.6. The largest absolute Gasteiger partial charge is 0.444 e. The standard InChI is InChI=1S/C16H31N5O3/c1-16(2,3)24-15(23)21-12-10-20(11-13-21)14(22)19-8-6-18(5-4-17)7-9-19/h4-13,17H2,1-3H3. The first-order valence-corrected chi connectivity index (χ1v) is 8.74. The van der Waals surface area contributed by atoms with Crippen LogP contribution in [0.2, 0.25) is 0 Å². The van der Waals surface area contributed by atoms with E-state index in [9.17, 15) is 9.59 Å². The van der Waals surface area contributed by atoms with Gasteiger partial charge in [-0.2, -0.15) is 0 Å². The van der Waals surface area contributed by atoms with Crippen LogP contribution in [0.5, 0.6) is 0 Å². The van der Waals surface area contributed by atoms with Crippen molar-refractivity contribution in [1.29, 1.82) is 0 Å². The quantitative estimate of drug-likeness (QED) is 0.778. The molecule has 0 aromatic rings. The van der Waals surface area contributed by atoms with Crippen LogP contribution < -0.4 is 5.73 Å². The predicted molar refractivity (Wildman–Crippen MR) is 91.8 cm³/mol. The summed E-state index contributed by atoms with van der Waals surface area (Å²) in [4.78, 5) is 32.3. The van der Waals surface area contributed by atoms with Gasteiger partial charge in [0.05, 0.1) is 0 Å². The van der Waals surface area contributed by atoms with Crippen LogP contribution in [0.4, 0.5) is 9.59 Å². The third-order valence-corrected chi connectivity index (χ3v) is 4.29. The normalized spacial score (nSPS) is 20.2. The van der Waals surface area contributed by atoms with Gasteiger partial charge < -0.3 is 25.2 Å². The van der Waals surface area contributed by atoms with Crippen molar-refractivity contribution in [3.8, 4) is 0 Å². The molecule has 0 atom stereocenters. The topological polar surface area (TPSA) is 82.4 Å². The Kier molecular flexibility index (Phi) is 6.28. The molecule has 2 N–H and O–H groups in total. The van der Waals surface area contributed by atoms with Crippen molar-refractivity contribution in [2.24, 2.45) is 5.73 Å². The predicted octanol–water partition coefficient (Wildman–Crippen LogP) is 0.235. The lowest BCUT2D eigenvalue weighted by Gasteiger charge is -2.40. The fourth-order valence-electron chi connectivity index (χ4n) is 2.95. The van der Waals surface area contributed by atoms with Crippen molar-refractivity contribution in [2.75, 3.05) is 65.4 Å². The van der Waals surface area contributed by atoms with Crippen LogP contribution in [0.25, 0.3) is 0 Å². The number of ether oxygens (including phenoxy) is 1. The Bertz CT molecular complexity index is 435. The number of carbonyl (C=O) groups excluding carboxylic acids is 2. The fraction of sp³-hybridized carbons (Fsp3) is 0.875. The number of rotatable bonds is 2. The van der Waals surface area contributed by atoms with Gasteiger partial charge in [0.15, 0.2) is 0 Å². The van der Waals surface area contributed by atoms with Crippen LogP contribution in [-0.4, -0.2) is 103 Å². The van der Waals surface area contributed by atoms with Crippen molar-refractivity contribution in [3.63, 3.8) is 0 Å². The van der Waals surface area contributed by atoms with E-state index in [0.717, 1.165) is 32.7 Å². The van der Waals surface area contributed by atoms with Gasteiger partial charge in [0.1, 0.15) is 5.60 Å². The second kappa shape index (κ2) is 8.02. The van der Waals surface area contributed by atoms with E-state index >= 15 is 0 Å². The zero-order valence-corrected chi connectivity index (χ0v) is 15.2. The van der Waals surface area contributed by atoms with Crippen molar-refractivity contribution >= 4 is 12.1 Å². The zero-order chi connectivity index (χ0) is 17.7. The van der Waals surface area contributed by atoms with Crippen LogP contribution in [0.1, 0.15) is 20.8 Å². The first-order chi connectivity index (χ1) is 11.3. The number of hydrogen-bond donors (Lipinski definition) is 1. The lowest BCUT2D eigenvalue weighted by atomic mass is 10.2. The molecule has 0 radical (unpaired) electrons. The van der Waals surface area contributed by atoms with E-state index in [1.807, 2.05) is 30.6 Å². The van der Waals surface area contributed by atoms with Gasteiger partial charge in [-0.1, -0.05) is 0 Å². The molecule has 0 unspecified atom stereocenters. The number of piperazine rings is 2. The van der Waals surface area contributed by atoms with Gasteiger partial charge in [-0.25, -0.2) is 9.59 Å². The van der Waals surface area contributed by atoms with Gasteiger partial charge >= 0.3 is 12.1 Å². The maximum atomic E-state index is 12.6. The van der Waals surface area contributed by atoms with Crippen LogP contribution in [0.3, 0.4) is 0 Å². The number of urea groups is 1. The lowest BCUT2D eigenvalue weighted by molar-refractivity contribution is 0.0151. The van der Waals surface area contributed by atoms with Crippen LogP contribution in [0, 0.1) is 0 Å². The van der Waals surface area contributed by atoms with Crippen LogP contribution >= 0.6 is 0 Å².